The second kappa shape index (κ2) is 3.51. The molecule has 0 amide bonds. The summed E-state index contributed by atoms with van der Waals surface area (Å²) in [6.07, 6.45) is 1.02. The number of aromatic amines is 1. The summed E-state index contributed by atoms with van der Waals surface area (Å²) in [7, 11) is 2.13. The van der Waals surface area contributed by atoms with Gasteiger partial charge in [-0.3, -0.25) is 9.69 Å². The van der Waals surface area contributed by atoms with Crippen molar-refractivity contribution in [1.82, 2.24) is 9.88 Å². The Hall–Kier alpha value is -0.610. The van der Waals surface area contributed by atoms with Gasteiger partial charge in [0, 0.05) is 23.2 Å². The molecule has 1 aromatic heterocycles. The van der Waals surface area contributed by atoms with Gasteiger partial charge in [0.2, 0.25) is 0 Å². The van der Waals surface area contributed by atoms with Gasteiger partial charge in [-0.05, 0) is 19.4 Å². The zero-order valence-electron chi connectivity index (χ0n) is 8.83. The highest BCUT2D eigenvalue weighted by Crippen LogP contribution is 2.25. The molecule has 2 heterocycles. The fourth-order valence-electron chi connectivity index (χ4n) is 2.14. The normalized spacial score (nSPS) is 22.7. The lowest BCUT2D eigenvalue weighted by Gasteiger charge is -2.34. The second-order valence-corrected chi connectivity index (χ2v) is 5.41. The van der Waals surface area contributed by atoms with Crippen molar-refractivity contribution < 1.29 is 0 Å². The van der Waals surface area contributed by atoms with E-state index in [4.69, 9.17) is 0 Å². The van der Waals surface area contributed by atoms with Crippen molar-refractivity contribution in [1.29, 1.82) is 0 Å². The molecule has 1 aliphatic rings. The summed E-state index contributed by atoms with van der Waals surface area (Å²) in [6.45, 7) is 5.36. The molecule has 0 radical (unpaired) electrons. The fourth-order valence-corrected chi connectivity index (χ4v) is 3.03. The first-order chi connectivity index (χ1) is 6.58. The van der Waals surface area contributed by atoms with Gasteiger partial charge in [-0.25, -0.2) is 0 Å². The highest BCUT2D eigenvalue weighted by Gasteiger charge is 2.27. The molecule has 0 bridgehead atoms. The van der Waals surface area contributed by atoms with Gasteiger partial charge in [-0.1, -0.05) is 25.2 Å². The van der Waals surface area contributed by atoms with E-state index in [1.807, 2.05) is 0 Å². The number of rotatable bonds is 1. The van der Waals surface area contributed by atoms with Crippen molar-refractivity contribution in [3.05, 3.63) is 20.2 Å². The van der Waals surface area contributed by atoms with Gasteiger partial charge in [0.15, 0.2) is 0 Å². The molecule has 0 aromatic carbocycles. The molecule has 1 aliphatic heterocycles. The lowest BCUT2D eigenvalue weighted by Crippen LogP contribution is -2.40. The summed E-state index contributed by atoms with van der Waals surface area (Å²) in [5.74, 6) is 0.644. The highest BCUT2D eigenvalue weighted by molar-refractivity contribution is 7.09. The van der Waals surface area contributed by atoms with Crippen molar-refractivity contribution in [3.8, 4) is 0 Å². The van der Waals surface area contributed by atoms with Crippen LogP contribution in [0.15, 0.2) is 4.79 Å². The summed E-state index contributed by atoms with van der Waals surface area (Å²) < 4.78 is 0. The van der Waals surface area contributed by atoms with Crippen LogP contribution in [0.1, 0.15) is 24.4 Å². The number of thiazole rings is 1. The van der Waals surface area contributed by atoms with Crippen LogP contribution in [0.5, 0.6) is 0 Å². The van der Waals surface area contributed by atoms with Crippen LogP contribution in [0.3, 0.4) is 0 Å². The molecule has 78 valence electrons. The number of likely N-dealkylation sites (N-methyl/N-ethyl adjacent to an activating group) is 1. The first kappa shape index (κ1) is 9.93. The predicted molar refractivity (Wildman–Crippen MR) is 58.7 cm³/mol. The molecule has 0 aliphatic carbocycles. The van der Waals surface area contributed by atoms with Crippen LogP contribution < -0.4 is 4.87 Å². The van der Waals surface area contributed by atoms with Crippen molar-refractivity contribution in [2.24, 2.45) is 5.92 Å². The Morgan fingerprint density at radius 1 is 1.57 bits per heavy atom. The Balaban J connectivity index is 2.30. The van der Waals surface area contributed by atoms with Crippen LogP contribution in [0.4, 0.5) is 0 Å². The monoisotopic (exact) mass is 212 g/mol. The van der Waals surface area contributed by atoms with Crippen molar-refractivity contribution in [2.75, 3.05) is 7.05 Å². The molecule has 2 rings (SSSR count). The van der Waals surface area contributed by atoms with E-state index in [1.165, 1.54) is 16.2 Å². The fraction of sp³-hybridized carbons (Fsp3) is 0.700. The Morgan fingerprint density at radius 3 is 2.93 bits per heavy atom. The Morgan fingerprint density at radius 2 is 2.29 bits per heavy atom. The Labute approximate surface area is 87.8 Å². The molecule has 0 saturated heterocycles. The van der Waals surface area contributed by atoms with Gasteiger partial charge in [0.1, 0.15) is 0 Å². The molecule has 4 heteroatoms. The maximum atomic E-state index is 11.2. The molecular weight excluding hydrogens is 196 g/mol. The van der Waals surface area contributed by atoms with Crippen molar-refractivity contribution in [3.63, 3.8) is 0 Å². The van der Waals surface area contributed by atoms with Crippen LogP contribution in [0, 0.1) is 5.92 Å². The molecule has 0 fully saturated rings. The summed E-state index contributed by atoms with van der Waals surface area (Å²) in [4.78, 5) is 17.8. The number of nitrogens with one attached hydrogen (secondary N) is 1. The van der Waals surface area contributed by atoms with E-state index < -0.39 is 0 Å². The van der Waals surface area contributed by atoms with E-state index in [1.54, 1.807) is 0 Å². The molecule has 0 saturated carbocycles. The molecular formula is C10H16N2OS. The van der Waals surface area contributed by atoms with Gasteiger partial charge in [0.25, 0.3) is 0 Å². The van der Waals surface area contributed by atoms with Crippen LogP contribution in [0.25, 0.3) is 0 Å². The van der Waals surface area contributed by atoms with Crippen LogP contribution in [-0.2, 0) is 13.0 Å². The number of fused-ring (bicyclic) bond motifs is 1. The molecule has 1 atom stereocenters. The largest absolute Gasteiger partial charge is 0.315 e. The average Bonchev–Trinajstić information content (AvgIpc) is 2.42. The standard InChI is InChI=1S/C10H16N2OS/c1-6(2)8-4-9-7(5-12(8)3)11-10(13)14-9/h6,8H,4-5H2,1-3H3,(H,11,13). The van der Waals surface area contributed by atoms with E-state index in [2.05, 4.69) is 30.8 Å². The highest BCUT2D eigenvalue weighted by atomic mass is 32.1. The number of hydrogen-bond donors (Lipinski definition) is 1. The van der Waals surface area contributed by atoms with Crippen LogP contribution in [0.2, 0.25) is 0 Å². The van der Waals surface area contributed by atoms with E-state index in [-0.39, 0.29) is 4.87 Å². The molecule has 3 nitrogen and oxygen atoms in total. The van der Waals surface area contributed by atoms with Crippen LogP contribution >= 0.6 is 11.3 Å². The molecule has 0 spiro atoms. The zero-order valence-corrected chi connectivity index (χ0v) is 9.65. The predicted octanol–water partition coefficient (Wildman–Crippen LogP) is 1.45. The third-order valence-electron chi connectivity index (χ3n) is 2.94. The molecule has 1 unspecified atom stereocenters. The van der Waals surface area contributed by atoms with Gasteiger partial charge < -0.3 is 4.98 Å². The lowest BCUT2D eigenvalue weighted by atomic mass is 9.95. The van der Waals surface area contributed by atoms with Crippen molar-refractivity contribution in [2.45, 2.75) is 32.9 Å². The number of nitrogens with zero attached hydrogens (tertiary/aromatic N) is 1. The smallest absolute Gasteiger partial charge is 0.304 e. The van der Waals surface area contributed by atoms with Crippen molar-refractivity contribution >= 4 is 11.3 Å². The number of H-pyrrole nitrogens is 1. The lowest BCUT2D eigenvalue weighted by molar-refractivity contribution is 0.168. The first-order valence-corrected chi connectivity index (χ1v) is 5.80. The zero-order chi connectivity index (χ0) is 10.3. The number of aromatic nitrogens is 1. The van der Waals surface area contributed by atoms with E-state index >= 15 is 0 Å². The summed E-state index contributed by atoms with van der Waals surface area (Å²) >= 11 is 1.38. The maximum absolute atomic E-state index is 11.2. The number of hydrogen-bond acceptors (Lipinski definition) is 3. The second-order valence-electron chi connectivity index (χ2n) is 4.35. The van der Waals surface area contributed by atoms with Crippen LogP contribution in [-0.4, -0.2) is 23.0 Å². The van der Waals surface area contributed by atoms with Gasteiger partial charge in [0.05, 0.1) is 0 Å². The van der Waals surface area contributed by atoms with E-state index in [0.717, 1.165) is 18.7 Å². The third-order valence-corrected chi connectivity index (χ3v) is 3.89. The van der Waals surface area contributed by atoms with Gasteiger partial charge in [-0.15, -0.1) is 0 Å². The molecule has 1 N–H and O–H groups in total. The third kappa shape index (κ3) is 1.64. The van der Waals surface area contributed by atoms with E-state index in [0.29, 0.717) is 12.0 Å². The maximum Gasteiger partial charge on any atom is 0.304 e. The minimum Gasteiger partial charge on any atom is -0.315 e. The molecule has 1 aromatic rings. The topological polar surface area (TPSA) is 36.1 Å². The summed E-state index contributed by atoms with van der Waals surface area (Å²) in [6, 6.07) is 0.578. The summed E-state index contributed by atoms with van der Waals surface area (Å²) in [5, 5.41) is 0. The minimum atomic E-state index is 0.0906. The average molecular weight is 212 g/mol. The Bertz CT molecular complexity index is 380. The van der Waals surface area contributed by atoms with Gasteiger partial charge >= 0.3 is 4.87 Å². The Kier molecular flexibility index (Phi) is 2.49. The SMILES string of the molecule is CC(C)C1Cc2sc(=O)[nH]c2CN1C. The minimum absolute atomic E-state index is 0.0906. The first-order valence-electron chi connectivity index (χ1n) is 4.99. The quantitative estimate of drug-likeness (QED) is 0.765. The van der Waals surface area contributed by atoms with E-state index in [9.17, 15) is 4.79 Å². The summed E-state index contributed by atoms with van der Waals surface area (Å²) in [5.41, 5.74) is 1.12. The molecule has 14 heavy (non-hydrogen) atoms. The van der Waals surface area contributed by atoms with Gasteiger partial charge in [-0.2, -0.15) is 0 Å².